The van der Waals surface area contributed by atoms with Crippen LogP contribution >= 0.6 is 0 Å². The first-order valence-corrected chi connectivity index (χ1v) is 7.28. The standard InChI is InChI=1S/C18H28O/c1-15(2)19-13-8-6-7-10-16-11-9-12-17(14-16)18(3,4)5/h7,9-12,14-15H,6,8,13H2,1-5H3. The third-order valence-corrected chi connectivity index (χ3v) is 3.03. The van der Waals surface area contributed by atoms with Gasteiger partial charge >= 0.3 is 0 Å². The Kier molecular flexibility index (Phi) is 6.30. The highest BCUT2D eigenvalue weighted by Crippen LogP contribution is 2.23. The third kappa shape index (κ3) is 6.58. The van der Waals surface area contributed by atoms with Gasteiger partial charge in [0.15, 0.2) is 0 Å². The summed E-state index contributed by atoms with van der Waals surface area (Å²) in [7, 11) is 0. The first-order chi connectivity index (χ1) is 8.89. The van der Waals surface area contributed by atoms with Crippen LogP contribution < -0.4 is 0 Å². The monoisotopic (exact) mass is 260 g/mol. The normalized spacial score (nSPS) is 12.5. The fourth-order valence-electron chi connectivity index (χ4n) is 1.85. The second-order valence-corrected chi connectivity index (χ2v) is 6.34. The fraction of sp³-hybridized carbons (Fsp3) is 0.556. The van der Waals surface area contributed by atoms with Crippen LogP contribution in [0.3, 0.4) is 0 Å². The van der Waals surface area contributed by atoms with Crippen molar-refractivity contribution in [1.29, 1.82) is 0 Å². The lowest BCUT2D eigenvalue weighted by Gasteiger charge is -2.19. The van der Waals surface area contributed by atoms with Gasteiger partial charge in [-0.05, 0) is 43.2 Å². The van der Waals surface area contributed by atoms with Crippen molar-refractivity contribution in [2.75, 3.05) is 6.61 Å². The molecule has 0 aromatic heterocycles. The number of benzene rings is 1. The molecule has 1 rings (SSSR count). The molecule has 0 N–H and O–H groups in total. The van der Waals surface area contributed by atoms with E-state index < -0.39 is 0 Å². The molecule has 1 aromatic rings. The summed E-state index contributed by atoms with van der Waals surface area (Å²) in [5.74, 6) is 0. The topological polar surface area (TPSA) is 9.23 Å². The molecule has 1 nitrogen and oxygen atoms in total. The Hall–Kier alpha value is -1.08. The number of hydrogen-bond donors (Lipinski definition) is 0. The minimum absolute atomic E-state index is 0.217. The highest BCUT2D eigenvalue weighted by Gasteiger charge is 2.12. The van der Waals surface area contributed by atoms with Gasteiger partial charge in [0.05, 0.1) is 6.10 Å². The summed E-state index contributed by atoms with van der Waals surface area (Å²) in [6, 6.07) is 8.79. The van der Waals surface area contributed by atoms with Gasteiger partial charge in [0, 0.05) is 6.61 Å². The average Bonchev–Trinajstić information content (AvgIpc) is 2.32. The van der Waals surface area contributed by atoms with Crippen LogP contribution in [0.5, 0.6) is 0 Å². The minimum Gasteiger partial charge on any atom is -0.379 e. The quantitative estimate of drug-likeness (QED) is 0.639. The van der Waals surface area contributed by atoms with Gasteiger partial charge in [0.2, 0.25) is 0 Å². The van der Waals surface area contributed by atoms with Crippen molar-refractivity contribution in [2.24, 2.45) is 0 Å². The van der Waals surface area contributed by atoms with Crippen LogP contribution in [0.25, 0.3) is 6.08 Å². The number of hydrogen-bond acceptors (Lipinski definition) is 1. The maximum absolute atomic E-state index is 5.52. The summed E-state index contributed by atoms with van der Waals surface area (Å²) in [4.78, 5) is 0. The fourth-order valence-corrected chi connectivity index (χ4v) is 1.85. The largest absolute Gasteiger partial charge is 0.379 e. The lowest BCUT2D eigenvalue weighted by atomic mass is 9.86. The van der Waals surface area contributed by atoms with Crippen LogP contribution in [0.1, 0.15) is 58.6 Å². The molecular weight excluding hydrogens is 232 g/mol. The van der Waals surface area contributed by atoms with Gasteiger partial charge in [-0.15, -0.1) is 0 Å². The van der Waals surface area contributed by atoms with Gasteiger partial charge < -0.3 is 4.74 Å². The van der Waals surface area contributed by atoms with Crippen molar-refractivity contribution in [2.45, 2.75) is 59.0 Å². The number of unbranched alkanes of at least 4 members (excludes halogenated alkanes) is 1. The molecule has 0 saturated carbocycles. The van der Waals surface area contributed by atoms with E-state index in [9.17, 15) is 0 Å². The predicted molar refractivity (Wildman–Crippen MR) is 84.5 cm³/mol. The zero-order chi connectivity index (χ0) is 14.3. The van der Waals surface area contributed by atoms with Crippen LogP contribution in [0.2, 0.25) is 0 Å². The Morgan fingerprint density at radius 3 is 2.58 bits per heavy atom. The van der Waals surface area contributed by atoms with E-state index in [1.54, 1.807) is 0 Å². The van der Waals surface area contributed by atoms with Crippen molar-refractivity contribution >= 4 is 6.08 Å². The Labute approximate surface area is 118 Å². The molecule has 0 aliphatic heterocycles. The van der Waals surface area contributed by atoms with E-state index in [1.807, 2.05) is 0 Å². The van der Waals surface area contributed by atoms with Gasteiger partial charge in [-0.1, -0.05) is 57.2 Å². The molecule has 0 atom stereocenters. The van der Waals surface area contributed by atoms with Crippen LogP contribution in [-0.2, 0) is 10.2 Å². The van der Waals surface area contributed by atoms with E-state index in [2.05, 4.69) is 71.0 Å². The Bertz CT molecular complexity index is 396. The van der Waals surface area contributed by atoms with Crippen molar-refractivity contribution < 1.29 is 4.74 Å². The maximum Gasteiger partial charge on any atom is 0.0518 e. The van der Waals surface area contributed by atoms with Gasteiger partial charge in [-0.3, -0.25) is 0 Å². The molecule has 106 valence electrons. The van der Waals surface area contributed by atoms with Crippen molar-refractivity contribution in [3.63, 3.8) is 0 Å². The van der Waals surface area contributed by atoms with Crippen molar-refractivity contribution in [3.05, 3.63) is 41.5 Å². The Morgan fingerprint density at radius 1 is 1.21 bits per heavy atom. The molecule has 0 aliphatic carbocycles. The summed E-state index contributed by atoms with van der Waals surface area (Å²) in [6.07, 6.45) is 6.96. The molecule has 0 unspecified atom stereocenters. The smallest absolute Gasteiger partial charge is 0.0518 e. The number of ether oxygens (including phenoxy) is 1. The van der Waals surface area contributed by atoms with Crippen LogP contribution in [0, 0.1) is 0 Å². The Balaban J connectivity index is 2.44. The molecule has 0 amide bonds. The molecular formula is C18H28O. The molecule has 1 heteroatoms. The van der Waals surface area contributed by atoms with E-state index >= 15 is 0 Å². The molecule has 0 aliphatic rings. The van der Waals surface area contributed by atoms with Crippen LogP contribution in [-0.4, -0.2) is 12.7 Å². The average molecular weight is 260 g/mol. The number of allylic oxidation sites excluding steroid dienone is 1. The third-order valence-electron chi connectivity index (χ3n) is 3.03. The van der Waals surface area contributed by atoms with Gasteiger partial charge in [0.1, 0.15) is 0 Å². The molecule has 19 heavy (non-hydrogen) atoms. The second kappa shape index (κ2) is 7.49. The van der Waals surface area contributed by atoms with Crippen molar-refractivity contribution in [3.8, 4) is 0 Å². The second-order valence-electron chi connectivity index (χ2n) is 6.34. The van der Waals surface area contributed by atoms with Crippen LogP contribution in [0.15, 0.2) is 30.3 Å². The maximum atomic E-state index is 5.52. The Morgan fingerprint density at radius 2 is 1.95 bits per heavy atom. The molecule has 0 heterocycles. The first kappa shape index (κ1) is 16.0. The summed E-state index contributed by atoms with van der Waals surface area (Å²) in [5, 5.41) is 0. The molecule has 0 saturated heterocycles. The van der Waals surface area contributed by atoms with Gasteiger partial charge in [-0.2, -0.15) is 0 Å². The zero-order valence-corrected chi connectivity index (χ0v) is 13.1. The SMILES string of the molecule is CC(C)OCCCC=Cc1cccc(C(C)(C)C)c1. The van der Waals surface area contributed by atoms with E-state index in [4.69, 9.17) is 4.74 Å². The van der Waals surface area contributed by atoms with E-state index in [0.717, 1.165) is 19.4 Å². The molecule has 0 spiro atoms. The summed E-state index contributed by atoms with van der Waals surface area (Å²) in [6.45, 7) is 11.8. The predicted octanol–water partition coefficient (Wildman–Crippen LogP) is 5.20. The molecule has 0 radical (unpaired) electrons. The summed E-state index contributed by atoms with van der Waals surface area (Å²) in [5.41, 5.74) is 2.89. The van der Waals surface area contributed by atoms with E-state index in [0.29, 0.717) is 6.10 Å². The van der Waals surface area contributed by atoms with Gasteiger partial charge in [-0.25, -0.2) is 0 Å². The van der Waals surface area contributed by atoms with E-state index in [-0.39, 0.29) is 5.41 Å². The zero-order valence-electron chi connectivity index (χ0n) is 13.1. The minimum atomic E-state index is 0.217. The number of rotatable bonds is 6. The van der Waals surface area contributed by atoms with Crippen molar-refractivity contribution in [1.82, 2.24) is 0 Å². The lowest BCUT2D eigenvalue weighted by molar-refractivity contribution is 0.0775. The highest BCUT2D eigenvalue weighted by molar-refractivity contribution is 5.51. The highest BCUT2D eigenvalue weighted by atomic mass is 16.5. The molecule has 1 aromatic carbocycles. The molecule has 0 bridgehead atoms. The summed E-state index contributed by atoms with van der Waals surface area (Å²) < 4.78 is 5.52. The first-order valence-electron chi connectivity index (χ1n) is 7.28. The van der Waals surface area contributed by atoms with Crippen LogP contribution in [0.4, 0.5) is 0 Å². The van der Waals surface area contributed by atoms with E-state index in [1.165, 1.54) is 11.1 Å². The molecule has 0 fully saturated rings. The summed E-state index contributed by atoms with van der Waals surface area (Å²) >= 11 is 0. The lowest BCUT2D eigenvalue weighted by Crippen LogP contribution is -2.10. The van der Waals surface area contributed by atoms with Gasteiger partial charge in [0.25, 0.3) is 0 Å².